The SMILES string of the molecule is COC(=O)N1CCC23CC(=O)CCC2C1Cc1cc(Oc2nnnn2-c2ccccc2)c(OC)c(O)c13. The van der Waals surface area contributed by atoms with Crippen LogP contribution in [0.2, 0.25) is 0 Å². The van der Waals surface area contributed by atoms with Gasteiger partial charge in [-0.05, 0) is 59.4 Å². The Morgan fingerprint density at radius 3 is 2.78 bits per heavy atom. The predicted molar refractivity (Wildman–Crippen MR) is 129 cm³/mol. The highest BCUT2D eigenvalue weighted by Gasteiger charge is 2.58. The summed E-state index contributed by atoms with van der Waals surface area (Å²) >= 11 is 0. The van der Waals surface area contributed by atoms with Crippen molar-refractivity contribution in [2.24, 2.45) is 5.92 Å². The summed E-state index contributed by atoms with van der Waals surface area (Å²) in [4.78, 5) is 27.2. The fourth-order valence-corrected chi connectivity index (χ4v) is 6.66. The van der Waals surface area contributed by atoms with Gasteiger partial charge in [-0.1, -0.05) is 23.3 Å². The number of para-hydroxylation sites is 1. The number of phenols is 1. The van der Waals surface area contributed by atoms with Gasteiger partial charge in [-0.25, -0.2) is 4.79 Å². The zero-order chi connectivity index (χ0) is 25.7. The van der Waals surface area contributed by atoms with Gasteiger partial charge in [0.05, 0.1) is 19.9 Å². The van der Waals surface area contributed by atoms with E-state index in [1.54, 1.807) is 4.90 Å². The van der Waals surface area contributed by atoms with E-state index in [2.05, 4.69) is 15.5 Å². The van der Waals surface area contributed by atoms with Crippen molar-refractivity contribution in [1.29, 1.82) is 0 Å². The van der Waals surface area contributed by atoms with E-state index in [4.69, 9.17) is 14.2 Å². The number of fused-ring (bicyclic) bond motifs is 1. The van der Waals surface area contributed by atoms with Crippen LogP contribution in [-0.2, 0) is 21.4 Å². The first-order valence-corrected chi connectivity index (χ1v) is 12.3. The van der Waals surface area contributed by atoms with Crippen LogP contribution in [0.3, 0.4) is 0 Å². The first kappa shape index (κ1) is 23.3. The number of methoxy groups -OCH3 is 2. The second-order valence-corrected chi connectivity index (χ2v) is 9.80. The Balaban J connectivity index is 1.47. The third kappa shape index (κ3) is 3.52. The Morgan fingerprint density at radius 2 is 2.03 bits per heavy atom. The number of piperidine rings is 1. The molecule has 3 aromatic rings. The highest BCUT2D eigenvalue weighted by Crippen LogP contribution is 2.60. The smallest absolute Gasteiger partial charge is 0.409 e. The Labute approximate surface area is 212 Å². The molecule has 1 aromatic heterocycles. The number of benzene rings is 2. The van der Waals surface area contributed by atoms with E-state index in [1.807, 2.05) is 36.4 Å². The van der Waals surface area contributed by atoms with Gasteiger partial charge in [-0.2, -0.15) is 4.68 Å². The summed E-state index contributed by atoms with van der Waals surface area (Å²) in [6.45, 7) is 0.451. The number of carbonyl (C=O) groups excluding carboxylic acids is 2. The molecule has 1 saturated carbocycles. The minimum absolute atomic E-state index is 0.0262. The molecule has 0 spiro atoms. The number of Topliss-reactive ketones (excluding diaryl/α,β-unsaturated/α-hetero) is 1. The minimum Gasteiger partial charge on any atom is -0.504 e. The highest BCUT2D eigenvalue weighted by atomic mass is 16.5. The van der Waals surface area contributed by atoms with Crippen molar-refractivity contribution in [3.8, 4) is 28.9 Å². The van der Waals surface area contributed by atoms with E-state index < -0.39 is 5.41 Å². The molecule has 2 heterocycles. The molecule has 11 heteroatoms. The number of phenolic OH excluding ortho intramolecular Hbond substituents is 1. The summed E-state index contributed by atoms with van der Waals surface area (Å²) in [5.74, 6) is 0.540. The molecular weight excluding hydrogens is 478 g/mol. The average Bonchev–Trinajstić information content (AvgIpc) is 3.36. The van der Waals surface area contributed by atoms with E-state index >= 15 is 0 Å². The molecule has 6 rings (SSSR count). The van der Waals surface area contributed by atoms with E-state index in [0.29, 0.717) is 44.3 Å². The van der Waals surface area contributed by atoms with Gasteiger partial charge in [0, 0.05) is 36.4 Å². The van der Waals surface area contributed by atoms with Crippen LogP contribution in [0.5, 0.6) is 23.3 Å². The van der Waals surface area contributed by atoms with Crippen LogP contribution in [0.1, 0.15) is 36.8 Å². The second kappa shape index (κ2) is 8.75. The topological polar surface area (TPSA) is 129 Å². The third-order valence-corrected chi connectivity index (χ3v) is 8.11. The number of hydrogen-bond acceptors (Lipinski definition) is 9. The number of amides is 1. The first-order valence-electron chi connectivity index (χ1n) is 12.3. The van der Waals surface area contributed by atoms with Crippen molar-refractivity contribution < 1.29 is 28.9 Å². The van der Waals surface area contributed by atoms with Gasteiger partial charge in [-0.15, -0.1) is 0 Å². The fraction of sp³-hybridized carbons (Fsp3) is 0.423. The van der Waals surface area contributed by atoms with Crippen LogP contribution in [0.4, 0.5) is 4.79 Å². The molecule has 37 heavy (non-hydrogen) atoms. The molecule has 2 fully saturated rings. The second-order valence-electron chi connectivity index (χ2n) is 9.80. The molecule has 0 radical (unpaired) electrons. The molecule has 3 unspecified atom stereocenters. The lowest BCUT2D eigenvalue weighted by molar-refractivity contribution is -0.126. The van der Waals surface area contributed by atoms with Gasteiger partial charge >= 0.3 is 12.1 Å². The van der Waals surface area contributed by atoms with Gasteiger partial charge in [-0.3, -0.25) is 4.79 Å². The summed E-state index contributed by atoms with van der Waals surface area (Å²) in [7, 11) is 2.84. The molecule has 11 nitrogen and oxygen atoms in total. The van der Waals surface area contributed by atoms with Crippen LogP contribution in [0, 0.1) is 5.92 Å². The fourth-order valence-electron chi connectivity index (χ4n) is 6.66. The monoisotopic (exact) mass is 505 g/mol. The number of aromatic hydroxyl groups is 1. The molecule has 192 valence electrons. The predicted octanol–water partition coefficient (Wildman–Crippen LogP) is 3.17. The molecule has 1 aliphatic heterocycles. The van der Waals surface area contributed by atoms with Crippen molar-refractivity contribution >= 4 is 11.9 Å². The maximum absolute atomic E-state index is 12.7. The quantitative estimate of drug-likeness (QED) is 0.568. The number of rotatable bonds is 4. The first-order chi connectivity index (χ1) is 18.0. The lowest BCUT2D eigenvalue weighted by atomic mass is 9.52. The molecular formula is C26H27N5O6. The molecule has 1 saturated heterocycles. The zero-order valence-corrected chi connectivity index (χ0v) is 20.6. The number of nitrogens with zero attached hydrogens (tertiary/aromatic N) is 5. The van der Waals surface area contributed by atoms with Crippen molar-refractivity contribution in [2.75, 3.05) is 20.8 Å². The van der Waals surface area contributed by atoms with Gasteiger partial charge in [0.15, 0.2) is 11.5 Å². The van der Waals surface area contributed by atoms with Crippen molar-refractivity contribution in [3.05, 3.63) is 47.5 Å². The zero-order valence-electron chi connectivity index (χ0n) is 20.6. The van der Waals surface area contributed by atoms with Crippen molar-refractivity contribution in [3.63, 3.8) is 0 Å². The molecule has 2 bridgehead atoms. The standard InChI is InChI=1S/C26H27N5O6/c1-35-23-20(37-24-27-28-29-31(24)16-6-4-3-5-7-16)13-15-12-19-18-9-8-17(32)14-26(18,21(15)22(23)33)10-11-30(19)25(34)36-2/h3-7,13,18-19,33H,8-12,14H2,1-2H3. The number of aromatic nitrogens is 4. The highest BCUT2D eigenvalue weighted by molar-refractivity contribution is 5.83. The largest absolute Gasteiger partial charge is 0.504 e. The van der Waals surface area contributed by atoms with Crippen LogP contribution in [-0.4, -0.2) is 68.9 Å². The van der Waals surface area contributed by atoms with E-state index in [-0.39, 0.29) is 47.1 Å². The Morgan fingerprint density at radius 1 is 1.22 bits per heavy atom. The van der Waals surface area contributed by atoms with Crippen LogP contribution in [0.25, 0.3) is 5.69 Å². The minimum atomic E-state index is -0.584. The Bertz CT molecular complexity index is 1380. The molecule has 1 amide bonds. The Hall–Kier alpha value is -4.15. The summed E-state index contributed by atoms with van der Waals surface area (Å²) in [6, 6.07) is 11.0. The molecule has 3 atom stereocenters. The van der Waals surface area contributed by atoms with E-state index in [0.717, 1.165) is 11.1 Å². The molecule has 2 aromatic carbocycles. The van der Waals surface area contributed by atoms with Gasteiger partial charge in [0.2, 0.25) is 5.75 Å². The van der Waals surface area contributed by atoms with Crippen molar-refractivity contribution in [1.82, 2.24) is 25.1 Å². The number of carbonyl (C=O) groups is 2. The summed E-state index contributed by atoms with van der Waals surface area (Å²) in [6.07, 6.45) is 2.10. The third-order valence-electron chi connectivity index (χ3n) is 8.11. The number of ketones is 1. The molecule has 2 aliphatic carbocycles. The van der Waals surface area contributed by atoms with Crippen molar-refractivity contribution in [2.45, 2.75) is 43.6 Å². The summed E-state index contributed by atoms with van der Waals surface area (Å²) in [5, 5.41) is 23.4. The molecule has 1 N–H and O–H groups in total. The van der Waals surface area contributed by atoms with Crippen LogP contribution < -0.4 is 9.47 Å². The maximum Gasteiger partial charge on any atom is 0.409 e. The number of likely N-dealkylation sites (tertiary alicyclic amines) is 1. The van der Waals surface area contributed by atoms with Gasteiger partial charge in [0.1, 0.15) is 5.78 Å². The summed E-state index contributed by atoms with van der Waals surface area (Å²) in [5.41, 5.74) is 1.64. The van der Waals surface area contributed by atoms with Crippen LogP contribution in [0.15, 0.2) is 36.4 Å². The summed E-state index contributed by atoms with van der Waals surface area (Å²) < 4.78 is 18.3. The van der Waals surface area contributed by atoms with E-state index in [1.165, 1.54) is 18.9 Å². The Kier molecular flexibility index (Phi) is 5.50. The van der Waals surface area contributed by atoms with Gasteiger partial charge in [0.25, 0.3) is 0 Å². The number of hydrogen-bond donors (Lipinski definition) is 1. The number of tetrazole rings is 1. The molecule has 3 aliphatic rings. The average molecular weight is 506 g/mol. The van der Waals surface area contributed by atoms with E-state index in [9.17, 15) is 14.7 Å². The normalized spacial score (nSPS) is 24.2. The lowest BCUT2D eigenvalue weighted by Crippen LogP contribution is -2.63. The van der Waals surface area contributed by atoms with Gasteiger partial charge < -0.3 is 24.2 Å². The van der Waals surface area contributed by atoms with Crippen LogP contribution >= 0.6 is 0 Å². The maximum atomic E-state index is 12.7. The lowest BCUT2D eigenvalue weighted by Gasteiger charge is -2.58. The number of ether oxygens (including phenoxy) is 3.